The van der Waals surface area contributed by atoms with E-state index >= 15 is 0 Å². The predicted molar refractivity (Wildman–Crippen MR) is 63.5 cm³/mol. The maximum atomic E-state index is 11.4. The molecule has 1 fully saturated rings. The Bertz CT molecular complexity index is 345. The molecular weight excluding hydrogens is 252 g/mol. The molecule has 0 aliphatic carbocycles. The number of urea groups is 1. The zero-order valence-corrected chi connectivity index (χ0v) is 10.8. The molecule has 0 aromatic carbocycles. The van der Waals surface area contributed by atoms with Crippen molar-refractivity contribution in [3.63, 3.8) is 0 Å². The fourth-order valence-corrected chi connectivity index (χ4v) is 4.08. The lowest BCUT2D eigenvalue weighted by atomic mass is 10.2. The second-order valence-corrected chi connectivity index (χ2v) is 6.67. The van der Waals surface area contributed by atoms with Crippen LogP contribution in [0, 0.1) is 0 Å². The number of hydrogen-bond donors (Lipinski definition) is 2. The van der Waals surface area contributed by atoms with Crippen molar-refractivity contribution < 1.29 is 13.2 Å². The van der Waals surface area contributed by atoms with E-state index in [-0.39, 0.29) is 17.5 Å². The van der Waals surface area contributed by atoms with Gasteiger partial charge in [-0.2, -0.15) is 0 Å². The van der Waals surface area contributed by atoms with Crippen LogP contribution in [-0.2, 0) is 9.84 Å². The number of alkyl halides is 1. The number of carbonyl (C=O) groups excluding carboxylic acids is 1. The highest BCUT2D eigenvalue weighted by Crippen LogP contribution is 2.17. The lowest BCUT2D eigenvalue weighted by molar-refractivity contribution is 0.238. The number of nitrogens with one attached hydrogen (secondary N) is 2. The van der Waals surface area contributed by atoms with Crippen LogP contribution in [0.1, 0.15) is 19.8 Å². The minimum absolute atomic E-state index is 0.0610. The van der Waals surface area contributed by atoms with Gasteiger partial charge >= 0.3 is 6.03 Å². The van der Waals surface area contributed by atoms with Gasteiger partial charge in [0.25, 0.3) is 0 Å². The van der Waals surface area contributed by atoms with E-state index in [4.69, 9.17) is 11.6 Å². The monoisotopic (exact) mass is 268 g/mol. The Hall–Kier alpha value is -0.490. The van der Waals surface area contributed by atoms with Crippen molar-refractivity contribution >= 4 is 27.5 Å². The molecule has 0 radical (unpaired) electrons. The van der Waals surface area contributed by atoms with Crippen LogP contribution in [0.3, 0.4) is 0 Å². The van der Waals surface area contributed by atoms with Crippen molar-refractivity contribution in [3.05, 3.63) is 0 Å². The van der Waals surface area contributed by atoms with Crippen molar-refractivity contribution in [1.29, 1.82) is 0 Å². The second-order valence-electron chi connectivity index (χ2n) is 3.95. The molecule has 1 aliphatic heterocycles. The molecule has 0 aromatic rings. The summed E-state index contributed by atoms with van der Waals surface area (Å²) >= 11 is 5.85. The first-order valence-corrected chi connectivity index (χ1v) is 7.59. The largest absolute Gasteiger partial charge is 0.338 e. The fraction of sp³-hybridized carbons (Fsp3) is 0.889. The van der Waals surface area contributed by atoms with Crippen LogP contribution in [0.4, 0.5) is 4.79 Å². The highest BCUT2D eigenvalue weighted by Gasteiger charge is 2.37. The molecular formula is C9H17ClN2O3S. The molecule has 2 atom stereocenters. The third kappa shape index (κ3) is 4.17. The average Bonchev–Trinajstić information content (AvgIpc) is 2.40. The van der Waals surface area contributed by atoms with Gasteiger partial charge in [-0.25, -0.2) is 13.2 Å². The first-order valence-electron chi connectivity index (χ1n) is 5.33. The maximum absolute atomic E-state index is 11.4. The van der Waals surface area contributed by atoms with Crippen molar-refractivity contribution in [1.82, 2.24) is 10.6 Å². The van der Waals surface area contributed by atoms with Crippen molar-refractivity contribution in [2.24, 2.45) is 0 Å². The fourth-order valence-electron chi connectivity index (χ4n) is 1.53. The van der Waals surface area contributed by atoms with Crippen LogP contribution >= 0.6 is 11.6 Å². The summed E-state index contributed by atoms with van der Waals surface area (Å²) in [7, 11) is -3.09. The van der Waals surface area contributed by atoms with Crippen LogP contribution in [0.25, 0.3) is 0 Å². The Labute approximate surface area is 101 Å². The summed E-state index contributed by atoms with van der Waals surface area (Å²) < 4.78 is 22.5. The molecule has 2 unspecified atom stereocenters. The van der Waals surface area contributed by atoms with E-state index in [1.807, 2.05) is 6.92 Å². The Morgan fingerprint density at radius 2 is 2.12 bits per heavy atom. The number of sulfone groups is 1. The van der Waals surface area contributed by atoms with Gasteiger partial charge in [0, 0.05) is 6.54 Å². The summed E-state index contributed by atoms with van der Waals surface area (Å²) in [6.45, 7) is 2.62. The third-order valence-electron chi connectivity index (χ3n) is 2.42. The first kappa shape index (κ1) is 13.6. The predicted octanol–water partition coefficient (Wildman–Crippen LogP) is 0.490. The minimum Gasteiger partial charge on any atom is -0.338 e. The van der Waals surface area contributed by atoms with Crippen molar-refractivity contribution in [2.45, 2.75) is 31.2 Å². The summed E-state index contributed by atoms with van der Waals surface area (Å²) in [5, 5.41) is 4.71. The molecule has 94 valence electrons. The van der Waals surface area contributed by atoms with Gasteiger partial charge in [0.15, 0.2) is 9.84 Å². The van der Waals surface area contributed by atoms with E-state index in [0.717, 1.165) is 12.8 Å². The summed E-state index contributed by atoms with van der Waals surface area (Å²) in [6, 6.07) is -0.825. The number of rotatable bonds is 4. The smallest absolute Gasteiger partial charge is 0.315 e. The summed E-state index contributed by atoms with van der Waals surface area (Å²) in [5.41, 5.74) is 0. The highest BCUT2D eigenvalue weighted by molar-refractivity contribution is 7.91. The van der Waals surface area contributed by atoms with Crippen LogP contribution in [0.2, 0.25) is 0 Å². The zero-order chi connectivity index (χ0) is 12.2. The molecule has 7 heteroatoms. The molecule has 0 aromatic heterocycles. The maximum Gasteiger partial charge on any atom is 0.315 e. The van der Waals surface area contributed by atoms with Crippen LogP contribution in [0.5, 0.6) is 0 Å². The molecule has 1 aliphatic rings. The van der Waals surface area contributed by atoms with Gasteiger partial charge in [0.1, 0.15) is 0 Å². The van der Waals surface area contributed by atoms with Crippen molar-refractivity contribution in [3.8, 4) is 0 Å². The zero-order valence-electron chi connectivity index (χ0n) is 9.20. The lowest BCUT2D eigenvalue weighted by Crippen LogP contribution is -2.46. The quantitative estimate of drug-likeness (QED) is 0.576. The molecule has 5 nitrogen and oxygen atoms in total. The topological polar surface area (TPSA) is 75.3 Å². The van der Waals surface area contributed by atoms with E-state index in [9.17, 15) is 13.2 Å². The molecule has 0 saturated carbocycles. The molecule has 2 N–H and O–H groups in total. The van der Waals surface area contributed by atoms with Gasteiger partial charge in [0.2, 0.25) is 0 Å². The minimum atomic E-state index is -3.09. The van der Waals surface area contributed by atoms with Gasteiger partial charge in [-0.05, 0) is 6.42 Å². The average molecular weight is 269 g/mol. The highest BCUT2D eigenvalue weighted by atomic mass is 35.5. The molecule has 16 heavy (non-hydrogen) atoms. The molecule has 0 bridgehead atoms. The first-order chi connectivity index (χ1) is 7.44. The van der Waals surface area contributed by atoms with Gasteiger partial charge in [-0.15, -0.1) is 11.6 Å². The number of halogens is 1. The van der Waals surface area contributed by atoms with E-state index in [2.05, 4.69) is 10.6 Å². The normalized spacial score (nSPS) is 27.6. The molecule has 1 rings (SSSR count). The summed E-state index contributed by atoms with van der Waals surface area (Å²) in [4.78, 5) is 11.4. The van der Waals surface area contributed by atoms with Crippen LogP contribution in [0.15, 0.2) is 0 Å². The number of amides is 2. The number of unbranched alkanes of at least 4 members (excludes halogenated alkanes) is 1. The van der Waals surface area contributed by atoms with Crippen LogP contribution in [-0.4, -0.2) is 43.9 Å². The van der Waals surface area contributed by atoms with Gasteiger partial charge in [0.05, 0.1) is 22.9 Å². The number of carbonyl (C=O) groups is 1. The lowest BCUT2D eigenvalue weighted by Gasteiger charge is -2.14. The Kier molecular flexibility index (Phi) is 4.86. The molecule has 0 spiro atoms. The third-order valence-corrected chi connectivity index (χ3v) is 4.79. The Morgan fingerprint density at radius 1 is 1.44 bits per heavy atom. The molecule has 1 heterocycles. The van der Waals surface area contributed by atoms with Gasteiger partial charge in [-0.3, -0.25) is 0 Å². The van der Waals surface area contributed by atoms with E-state index in [1.54, 1.807) is 0 Å². The van der Waals surface area contributed by atoms with Crippen molar-refractivity contribution in [2.75, 3.05) is 18.1 Å². The number of hydrogen-bond acceptors (Lipinski definition) is 3. The van der Waals surface area contributed by atoms with E-state index < -0.39 is 21.3 Å². The second kappa shape index (κ2) is 5.72. The Balaban J connectivity index is 2.35. The Morgan fingerprint density at radius 3 is 2.62 bits per heavy atom. The van der Waals surface area contributed by atoms with Crippen LogP contribution < -0.4 is 10.6 Å². The standard InChI is InChI=1S/C9H17ClN2O3S/c1-2-3-4-11-9(13)12-8-6-16(14,15)5-7(8)10/h7-8H,2-6H2,1H3,(H2,11,12,13). The summed E-state index contributed by atoms with van der Waals surface area (Å²) in [5.74, 6) is -0.128. The van der Waals surface area contributed by atoms with E-state index in [1.165, 1.54) is 0 Å². The van der Waals surface area contributed by atoms with Gasteiger partial charge in [-0.1, -0.05) is 13.3 Å². The summed E-state index contributed by atoms with van der Waals surface area (Å²) in [6.07, 6.45) is 1.90. The van der Waals surface area contributed by atoms with Gasteiger partial charge < -0.3 is 10.6 Å². The molecule has 2 amide bonds. The SMILES string of the molecule is CCCCNC(=O)NC1CS(=O)(=O)CC1Cl. The van der Waals surface area contributed by atoms with E-state index in [0.29, 0.717) is 6.54 Å². The molecule has 1 saturated heterocycles.